The van der Waals surface area contributed by atoms with Gasteiger partial charge in [-0.2, -0.15) is 0 Å². The van der Waals surface area contributed by atoms with Crippen molar-refractivity contribution in [2.45, 2.75) is 77.3 Å². The first-order chi connectivity index (χ1) is 17.1. The quantitative estimate of drug-likeness (QED) is 0.486. The standard InChI is InChI=1S/C13H10.C13H21.C9H11.2ClH.Zr/c1-3-7-12(8-4-1)11-13-9-5-2-6-10-13;1-12(2,3)10-8-7-9-11(10)13(4,5)6;1-2-5-9-7-3-6-8(9)4-1;;;/h1-10H;8H,9H2,1-6H3;3,6-7H,1-2,4-5H2;2*1H;/q;;;;;+2/p-2. The van der Waals surface area contributed by atoms with Gasteiger partial charge in [-0.15, -0.1) is 0 Å². The first kappa shape index (κ1) is 31.3. The van der Waals surface area contributed by atoms with Crippen LogP contribution in [0.2, 0.25) is 3.63 Å². The van der Waals surface area contributed by atoms with Gasteiger partial charge in [0.2, 0.25) is 0 Å². The molecule has 0 bridgehead atoms. The molecule has 1 atom stereocenters. The van der Waals surface area contributed by atoms with Crippen LogP contribution in [0.4, 0.5) is 0 Å². The number of hydrogen-bond donors (Lipinski definition) is 0. The normalized spacial score (nSPS) is 18.8. The molecule has 1 unspecified atom stereocenters. The molecule has 0 aliphatic heterocycles. The van der Waals surface area contributed by atoms with Crippen molar-refractivity contribution >= 4 is 3.21 Å². The van der Waals surface area contributed by atoms with E-state index in [1.54, 1.807) is 28.8 Å². The van der Waals surface area contributed by atoms with Crippen LogP contribution in [0, 0.1) is 10.8 Å². The van der Waals surface area contributed by atoms with Crippen molar-refractivity contribution in [2.24, 2.45) is 10.8 Å². The number of allylic oxidation sites excluding steroid dienone is 8. The maximum absolute atomic E-state index is 2.70. The van der Waals surface area contributed by atoms with E-state index < -0.39 is 21.3 Å². The van der Waals surface area contributed by atoms with Crippen molar-refractivity contribution < 1.29 is 46.1 Å². The Hall–Kier alpha value is -1.27. The third kappa shape index (κ3) is 6.38. The van der Waals surface area contributed by atoms with Gasteiger partial charge >= 0.3 is 228 Å². The second-order valence-electron chi connectivity index (χ2n) is 12.9. The predicted molar refractivity (Wildman–Crippen MR) is 153 cm³/mol. The van der Waals surface area contributed by atoms with Gasteiger partial charge < -0.3 is 24.8 Å². The van der Waals surface area contributed by atoms with Crippen molar-refractivity contribution in [1.82, 2.24) is 0 Å². The zero-order chi connectivity index (χ0) is 25.5. The smallest absolute Gasteiger partial charge is 1.00 e. The fraction of sp³-hybridized carbons (Fsp3) is 0.400. The van der Waals surface area contributed by atoms with E-state index in [9.17, 15) is 0 Å². The summed E-state index contributed by atoms with van der Waals surface area (Å²) in [5.41, 5.74) is 9.98. The molecule has 38 heavy (non-hydrogen) atoms. The third-order valence-corrected chi connectivity index (χ3v) is 16.3. The van der Waals surface area contributed by atoms with Gasteiger partial charge in [0, 0.05) is 0 Å². The molecule has 2 aromatic carbocycles. The van der Waals surface area contributed by atoms with Crippen molar-refractivity contribution in [1.29, 1.82) is 0 Å². The van der Waals surface area contributed by atoms with Crippen LogP contribution >= 0.6 is 0 Å². The molecular formula is C35H42Cl2Zr. The minimum absolute atomic E-state index is 0. The van der Waals surface area contributed by atoms with E-state index in [2.05, 4.69) is 120 Å². The van der Waals surface area contributed by atoms with E-state index in [-0.39, 0.29) is 35.6 Å². The molecule has 0 saturated carbocycles. The Kier molecular flexibility index (Phi) is 10.3. The Morgan fingerprint density at radius 3 is 1.79 bits per heavy atom. The molecule has 0 spiro atoms. The number of hydrogen-bond acceptors (Lipinski definition) is 0. The van der Waals surface area contributed by atoms with Crippen LogP contribution in [0.1, 0.15) is 84.8 Å². The molecule has 0 fully saturated rings. The summed E-state index contributed by atoms with van der Waals surface area (Å²) in [5.74, 6) is 0. The minimum atomic E-state index is -2.45. The van der Waals surface area contributed by atoms with Crippen LogP contribution in [0.15, 0.2) is 104 Å². The van der Waals surface area contributed by atoms with Crippen molar-refractivity contribution in [2.75, 3.05) is 0 Å². The van der Waals surface area contributed by atoms with Crippen molar-refractivity contribution in [3.63, 3.8) is 0 Å². The molecular weight excluding hydrogens is 583 g/mol. The van der Waals surface area contributed by atoms with Gasteiger partial charge in [0.25, 0.3) is 0 Å². The van der Waals surface area contributed by atoms with Gasteiger partial charge in [-0.25, -0.2) is 0 Å². The van der Waals surface area contributed by atoms with E-state index in [1.807, 2.05) is 0 Å². The Morgan fingerprint density at radius 1 is 0.737 bits per heavy atom. The van der Waals surface area contributed by atoms with Crippen LogP contribution in [-0.2, 0) is 21.3 Å². The Bertz CT molecular complexity index is 1250. The topological polar surface area (TPSA) is 0 Å². The van der Waals surface area contributed by atoms with Crippen molar-refractivity contribution in [3.8, 4) is 0 Å². The largest absolute Gasteiger partial charge is 1.00 e. The van der Waals surface area contributed by atoms with Crippen LogP contribution in [0.3, 0.4) is 0 Å². The fourth-order valence-electron chi connectivity index (χ4n) is 6.41. The van der Waals surface area contributed by atoms with E-state index >= 15 is 0 Å². The summed E-state index contributed by atoms with van der Waals surface area (Å²) in [6.07, 6.45) is 14.3. The Morgan fingerprint density at radius 2 is 1.29 bits per heavy atom. The van der Waals surface area contributed by atoms with E-state index in [4.69, 9.17) is 0 Å². The summed E-state index contributed by atoms with van der Waals surface area (Å²) >= 11 is -2.45. The van der Waals surface area contributed by atoms with Gasteiger partial charge in [0.15, 0.2) is 0 Å². The molecule has 0 radical (unpaired) electrons. The molecule has 200 valence electrons. The van der Waals surface area contributed by atoms with Gasteiger partial charge in [-0.1, -0.05) is 0 Å². The number of rotatable bonds is 4. The summed E-state index contributed by atoms with van der Waals surface area (Å²) in [5, 5.41) is 0. The van der Waals surface area contributed by atoms with Gasteiger partial charge in [-0.3, -0.25) is 0 Å². The van der Waals surface area contributed by atoms with Gasteiger partial charge in [0.05, 0.1) is 0 Å². The molecule has 0 aromatic heterocycles. The molecule has 3 aliphatic carbocycles. The second-order valence-corrected chi connectivity index (χ2v) is 19.2. The Labute approximate surface area is 251 Å². The predicted octanol–water partition coefficient (Wildman–Crippen LogP) is 3.79. The summed E-state index contributed by atoms with van der Waals surface area (Å²) < 4.78 is 4.12. The summed E-state index contributed by atoms with van der Waals surface area (Å²) in [7, 11) is 0. The van der Waals surface area contributed by atoms with E-state index in [0.717, 1.165) is 0 Å². The molecule has 5 rings (SSSR count). The monoisotopic (exact) mass is 622 g/mol. The molecule has 0 amide bonds. The van der Waals surface area contributed by atoms with Crippen LogP contribution in [0.5, 0.6) is 0 Å². The average molecular weight is 625 g/mol. The molecule has 0 saturated heterocycles. The first-order valence-electron chi connectivity index (χ1n) is 13.8. The molecule has 0 heterocycles. The third-order valence-electron chi connectivity index (χ3n) is 8.20. The number of halogens is 2. The zero-order valence-corrected chi connectivity index (χ0v) is 27.8. The summed E-state index contributed by atoms with van der Waals surface area (Å²) in [6, 6.07) is 22.7. The minimum Gasteiger partial charge on any atom is -1.00 e. The van der Waals surface area contributed by atoms with Crippen LogP contribution in [0.25, 0.3) is 0 Å². The molecule has 3 aliphatic rings. The summed E-state index contributed by atoms with van der Waals surface area (Å²) in [4.78, 5) is 0. The molecule has 0 nitrogen and oxygen atoms in total. The van der Waals surface area contributed by atoms with E-state index in [1.165, 1.54) is 43.2 Å². The molecule has 2 aromatic rings. The fourth-order valence-corrected chi connectivity index (χ4v) is 15.3. The maximum atomic E-state index is 2.70. The average Bonchev–Trinajstić information content (AvgIpc) is 3.49. The van der Waals surface area contributed by atoms with E-state index in [0.29, 0.717) is 3.63 Å². The summed E-state index contributed by atoms with van der Waals surface area (Å²) in [6.45, 7) is 14.5. The zero-order valence-electron chi connectivity index (χ0n) is 23.9. The molecule has 0 N–H and O–H groups in total. The maximum Gasteiger partial charge on any atom is -1.00 e. The Balaban J connectivity index is 0.00000200. The SMILES string of the molecule is CC(C)(C)C1=C(C(C)(C)C)C[C]([Zr+2](=[C](c2ccccc2)c2ccccc2)[CH]2C=CC3=C2CCCC3)=C1.[Cl-].[Cl-]. The second kappa shape index (κ2) is 12.5. The van der Waals surface area contributed by atoms with Gasteiger partial charge in [-0.05, 0) is 0 Å². The van der Waals surface area contributed by atoms with Gasteiger partial charge in [0.1, 0.15) is 0 Å². The number of benzene rings is 2. The van der Waals surface area contributed by atoms with Crippen molar-refractivity contribution in [3.05, 3.63) is 116 Å². The first-order valence-corrected chi connectivity index (χ1v) is 17.7. The van der Waals surface area contributed by atoms with Crippen LogP contribution < -0.4 is 24.8 Å². The molecule has 3 heteroatoms. The van der Waals surface area contributed by atoms with Crippen LogP contribution in [-0.4, -0.2) is 3.21 Å².